The Morgan fingerprint density at radius 2 is 1.73 bits per heavy atom. The molecule has 7 heteroatoms. The van der Waals surface area contributed by atoms with E-state index in [0.29, 0.717) is 0 Å². The van der Waals surface area contributed by atoms with Crippen LogP contribution in [0.5, 0.6) is 0 Å². The molecule has 0 N–H and O–H groups in total. The highest BCUT2D eigenvalue weighted by Crippen LogP contribution is 2.10. The first-order valence-corrected chi connectivity index (χ1v) is 3.13. The van der Waals surface area contributed by atoms with Gasteiger partial charge < -0.3 is 0 Å². The smallest absolute Gasteiger partial charge is 0.211 e. The lowest BCUT2D eigenvalue weighted by molar-refractivity contribution is 0.565. The van der Waals surface area contributed by atoms with Gasteiger partial charge in [0.25, 0.3) is 5.95 Å². The minimum absolute atomic E-state index is 0.112. The van der Waals surface area contributed by atoms with E-state index in [2.05, 4.69) is 19.9 Å². The Bertz CT molecular complexity index is 302. The number of isocyanates is 1. The molecule has 0 fully saturated rings. The van der Waals surface area contributed by atoms with E-state index < -0.39 is 0 Å². The summed E-state index contributed by atoms with van der Waals surface area (Å²) in [6.07, 6.45) is 1.24. The zero-order valence-electron chi connectivity index (χ0n) is 4.95. The maximum atomic E-state index is 9.72. The Hall–Kier alpha value is -1.03. The van der Waals surface area contributed by atoms with Crippen LogP contribution in [-0.2, 0) is 4.79 Å². The lowest BCUT2D eigenvalue weighted by Crippen LogP contribution is -1.87. The van der Waals surface area contributed by atoms with Crippen LogP contribution in [0.15, 0.2) is 4.99 Å². The molecule has 0 spiro atoms. The third kappa shape index (κ3) is 2.23. The van der Waals surface area contributed by atoms with E-state index in [4.69, 9.17) is 23.2 Å². The van der Waals surface area contributed by atoms with Crippen LogP contribution in [0.2, 0.25) is 10.6 Å². The molecule has 0 bridgehead atoms. The second-order valence-corrected chi connectivity index (χ2v) is 2.05. The van der Waals surface area contributed by atoms with Crippen molar-refractivity contribution in [3.8, 4) is 0 Å². The molecule has 0 unspecified atom stereocenters. The van der Waals surface area contributed by atoms with Crippen molar-refractivity contribution < 1.29 is 4.79 Å². The van der Waals surface area contributed by atoms with Gasteiger partial charge in [-0.1, -0.05) is 0 Å². The molecular formula is C4Cl2N4O. The third-order valence-corrected chi connectivity index (χ3v) is 1.05. The van der Waals surface area contributed by atoms with Gasteiger partial charge in [-0.3, -0.25) is 0 Å². The molecule has 0 aliphatic rings. The fourth-order valence-corrected chi connectivity index (χ4v) is 0.762. The molecule has 1 aromatic heterocycles. The minimum atomic E-state index is -0.148. The molecular weight excluding hydrogens is 191 g/mol. The van der Waals surface area contributed by atoms with Gasteiger partial charge in [-0.05, 0) is 23.2 Å². The molecule has 0 aromatic carbocycles. The van der Waals surface area contributed by atoms with Crippen molar-refractivity contribution in [3.63, 3.8) is 0 Å². The number of rotatable bonds is 1. The van der Waals surface area contributed by atoms with Crippen LogP contribution in [0.1, 0.15) is 0 Å². The summed E-state index contributed by atoms with van der Waals surface area (Å²) in [4.78, 5) is 23.2. The summed E-state index contributed by atoms with van der Waals surface area (Å²) in [5.41, 5.74) is 0. The first kappa shape index (κ1) is 8.07. The maximum Gasteiger partial charge on any atom is 0.266 e. The standard InChI is InChI=1S/C4Cl2N4O/c5-2-8-3(6)10-4(9-2)7-1-11. The van der Waals surface area contributed by atoms with Crippen molar-refractivity contribution in [1.29, 1.82) is 0 Å². The number of nitrogens with zero attached hydrogens (tertiary/aromatic N) is 4. The average molecular weight is 191 g/mol. The predicted molar refractivity (Wildman–Crippen MR) is 37.6 cm³/mol. The van der Waals surface area contributed by atoms with E-state index in [1.54, 1.807) is 0 Å². The van der Waals surface area contributed by atoms with Crippen LogP contribution in [0.3, 0.4) is 0 Å². The van der Waals surface area contributed by atoms with Crippen LogP contribution in [0.25, 0.3) is 0 Å². The molecule has 0 saturated heterocycles. The van der Waals surface area contributed by atoms with Crippen molar-refractivity contribution in [1.82, 2.24) is 15.0 Å². The fourth-order valence-electron chi connectivity index (χ4n) is 0.407. The van der Waals surface area contributed by atoms with E-state index in [-0.39, 0.29) is 16.5 Å². The third-order valence-electron chi connectivity index (χ3n) is 0.715. The van der Waals surface area contributed by atoms with Crippen molar-refractivity contribution >= 4 is 35.2 Å². The monoisotopic (exact) mass is 190 g/mol. The normalized spacial score (nSPS) is 8.91. The van der Waals surface area contributed by atoms with Gasteiger partial charge in [0.05, 0.1) is 0 Å². The molecule has 56 valence electrons. The zero-order valence-corrected chi connectivity index (χ0v) is 6.46. The van der Waals surface area contributed by atoms with Crippen molar-refractivity contribution in [3.05, 3.63) is 10.6 Å². The van der Waals surface area contributed by atoms with Gasteiger partial charge in [0, 0.05) is 0 Å². The van der Waals surface area contributed by atoms with E-state index in [9.17, 15) is 4.79 Å². The summed E-state index contributed by atoms with van der Waals surface area (Å²) in [5, 5.41) is -0.224. The molecule has 5 nitrogen and oxygen atoms in total. The maximum absolute atomic E-state index is 9.72. The number of hydrogen-bond acceptors (Lipinski definition) is 5. The summed E-state index contributed by atoms with van der Waals surface area (Å²) in [6.45, 7) is 0. The highest BCUT2D eigenvalue weighted by atomic mass is 35.5. The Kier molecular flexibility index (Phi) is 2.48. The number of carbonyl (C=O) groups excluding carboxylic acids is 1. The van der Waals surface area contributed by atoms with Gasteiger partial charge in [0.2, 0.25) is 16.6 Å². The number of aliphatic imine (C=N–C) groups is 1. The lowest BCUT2D eigenvalue weighted by atomic mass is 10.9. The Labute approximate surface area is 71.1 Å². The van der Waals surface area contributed by atoms with Crippen molar-refractivity contribution in [2.75, 3.05) is 0 Å². The van der Waals surface area contributed by atoms with Crippen molar-refractivity contribution in [2.24, 2.45) is 4.99 Å². The first-order chi connectivity index (χ1) is 5.22. The van der Waals surface area contributed by atoms with Gasteiger partial charge in [-0.2, -0.15) is 15.0 Å². The van der Waals surface area contributed by atoms with Gasteiger partial charge >= 0.3 is 0 Å². The molecule has 0 atom stereocenters. The summed E-state index contributed by atoms with van der Waals surface area (Å²) in [5.74, 6) is -0.148. The van der Waals surface area contributed by atoms with Gasteiger partial charge in [-0.25, -0.2) is 4.79 Å². The highest BCUT2D eigenvalue weighted by molar-refractivity contribution is 6.31. The molecule has 1 rings (SSSR count). The SMILES string of the molecule is O=C=Nc1nc(Cl)nc(Cl)n1. The van der Waals surface area contributed by atoms with E-state index in [1.807, 2.05) is 0 Å². The molecule has 0 aliphatic carbocycles. The Balaban J connectivity index is 3.18. The topological polar surface area (TPSA) is 68.1 Å². The van der Waals surface area contributed by atoms with Crippen LogP contribution < -0.4 is 0 Å². The largest absolute Gasteiger partial charge is 0.266 e. The molecule has 0 amide bonds. The summed E-state index contributed by atoms with van der Waals surface area (Å²) < 4.78 is 0. The van der Waals surface area contributed by atoms with E-state index in [1.165, 1.54) is 6.08 Å². The van der Waals surface area contributed by atoms with Gasteiger partial charge in [-0.15, -0.1) is 4.99 Å². The van der Waals surface area contributed by atoms with Gasteiger partial charge in [0.15, 0.2) is 0 Å². The second kappa shape index (κ2) is 3.39. The van der Waals surface area contributed by atoms with Crippen molar-refractivity contribution in [2.45, 2.75) is 0 Å². The number of aromatic nitrogens is 3. The first-order valence-electron chi connectivity index (χ1n) is 2.37. The average Bonchev–Trinajstić information content (AvgIpc) is 1.85. The van der Waals surface area contributed by atoms with Gasteiger partial charge in [0.1, 0.15) is 0 Å². The van der Waals surface area contributed by atoms with E-state index >= 15 is 0 Å². The summed E-state index contributed by atoms with van der Waals surface area (Å²) in [7, 11) is 0. The predicted octanol–water partition coefficient (Wildman–Crippen LogP) is 1.15. The highest BCUT2D eigenvalue weighted by Gasteiger charge is 1.99. The fraction of sp³-hybridized carbons (Fsp3) is 0. The number of hydrogen-bond donors (Lipinski definition) is 0. The summed E-state index contributed by atoms with van der Waals surface area (Å²) in [6, 6.07) is 0. The van der Waals surface area contributed by atoms with Crippen LogP contribution in [-0.4, -0.2) is 21.0 Å². The number of halogens is 2. The molecule has 0 aliphatic heterocycles. The molecule has 0 radical (unpaired) electrons. The molecule has 11 heavy (non-hydrogen) atoms. The summed E-state index contributed by atoms with van der Waals surface area (Å²) >= 11 is 10.7. The Morgan fingerprint density at radius 1 is 1.18 bits per heavy atom. The van der Waals surface area contributed by atoms with Crippen LogP contribution >= 0.6 is 23.2 Å². The molecule has 1 aromatic rings. The van der Waals surface area contributed by atoms with E-state index in [0.717, 1.165) is 0 Å². The molecule has 0 saturated carbocycles. The quantitative estimate of drug-likeness (QED) is 0.493. The second-order valence-electron chi connectivity index (χ2n) is 1.38. The molecule has 1 heterocycles. The lowest BCUT2D eigenvalue weighted by Gasteiger charge is -1.90. The van der Waals surface area contributed by atoms with Crippen LogP contribution in [0, 0.1) is 0 Å². The zero-order chi connectivity index (χ0) is 8.27. The van der Waals surface area contributed by atoms with Crippen LogP contribution in [0.4, 0.5) is 5.95 Å². The Morgan fingerprint density at radius 3 is 2.18 bits per heavy atom. The minimum Gasteiger partial charge on any atom is -0.211 e.